The van der Waals surface area contributed by atoms with Crippen molar-refractivity contribution in [2.24, 2.45) is 11.7 Å². The lowest BCUT2D eigenvalue weighted by molar-refractivity contribution is -0.139. The largest absolute Gasteiger partial charge is 0.495 e. The Kier molecular flexibility index (Phi) is 6.42. The number of likely N-dealkylation sites (tertiary alicyclic amines) is 1. The second kappa shape index (κ2) is 8.34. The van der Waals surface area contributed by atoms with Crippen LogP contribution in [-0.2, 0) is 9.59 Å². The number of nitrogens with two attached hydrogens (primary N) is 1. The first kappa shape index (κ1) is 19.2. The summed E-state index contributed by atoms with van der Waals surface area (Å²) in [6, 6.07) is 7.35. The van der Waals surface area contributed by atoms with E-state index in [1.54, 1.807) is 18.9 Å². The highest BCUT2D eigenvalue weighted by Gasteiger charge is 2.35. The highest BCUT2D eigenvalue weighted by molar-refractivity contribution is 5.94. The average molecular weight is 347 g/mol. The lowest BCUT2D eigenvalue weighted by Crippen LogP contribution is -2.55. The van der Waals surface area contributed by atoms with Crippen LogP contribution in [0.3, 0.4) is 0 Å². The Morgan fingerprint density at radius 3 is 2.56 bits per heavy atom. The Morgan fingerprint density at radius 1 is 1.32 bits per heavy atom. The molecule has 6 heteroatoms. The molecule has 1 saturated heterocycles. The van der Waals surface area contributed by atoms with E-state index in [0.717, 1.165) is 6.42 Å². The van der Waals surface area contributed by atoms with Gasteiger partial charge in [-0.2, -0.15) is 0 Å². The van der Waals surface area contributed by atoms with Crippen LogP contribution in [0, 0.1) is 5.92 Å². The van der Waals surface area contributed by atoms with Crippen LogP contribution in [0.25, 0.3) is 0 Å². The first-order valence-electron chi connectivity index (χ1n) is 8.91. The number of methoxy groups -OCH3 is 1. The molecule has 0 bridgehead atoms. The number of amides is 2. The highest BCUT2D eigenvalue weighted by Crippen LogP contribution is 2.26. The number of carbonyl (C=O) groups is 2. The summed E-state index contributed by atoms with van der Waals surface area (Å²) in [7, 11) is 1.58. The van der Waals surface area contributed by atoms with Crippen molar-refractivity contribution in [1.29, 1.82) is 0 Å². The van der Waals surface area contributed by atoms with Crippen molar-refractivity contribution >= 4 is 17.5 Å². The first-order valence-corrected chi connectivity index (χ1v) is 8.91. The summed E-state index contributed by atoms with van der Waals surface area (Å²) in [5.74, 6) is 0.490. The van der Waals surface area contributed by atoms with Crippen molar-refractivity contribution < 1.29 is 14.3 Å². The summed E-state index contributed by atoms with van der Waals surface area (Å²) >= 11 is 0. The number of para-hydroxylation sites is 2. The SMILES string of the molecule is CCCC(C)(N)C(=O)N1CCC(C(=O)Nc2ccccc2OC)CC1. The van der Waals surface area contributed by atoms with Crippen molar-refractivity contribution in [3.8, 4) is 5.75 Å². The molecule has 3 N–H and O–H groups in total. The molecule has 2 rings (SSSR count). The van der Waals surface area contributed by atoms with E-state index in [4.69, 9.17) is 10.5 Å². The van der Waals surface area contributed by atoms with Gasteiger partial charge in [0.1, 0.15) is 5.75 Å². The number of rotatable bonds is 6. The highest BCUT2D eigenvalue weighted by atomic mass is 16.5. The minimum absolute atomic E-state index is 0.0158. The van der Waals surface area contributed by atoms with Crippen molar-refractivity contribution in [2.75, 3.05) is 25.5 Å². The van der Waals surface area contributed by atoms with Crippen LogP contribution in [0.2, 0.25) is 0 Å². The van der Waals surface area contributed by atoms with Gasteiger partial charge in [-0.25, -0.2) is 0 Å². The Labute approximate surface area is 149 Å². The van der Waals surface area contributed by atoms with Gasteiger partial charge < -0.3 is 20.7 Å². The van der Waals surface area contributed by atoms with Gasteiger partial charge in [0.15, 0.2) is 0 Å². The number of ether oxygens (including phenoxy) is 1. The third-order valence-corrected chi connectivity index (χ3v) is 4.78. The molecule has 138 valence electrons. The maximum absolute atomic E-state index is 12.5. The molecule has 0 aromatic heterocycles. The van der Waals surface area contributed by atoms with Gasteiger partial charge >= 0.3 is 0 Å². The summed E-state index contributed by atoms with van der Waals surface area (Å²) < 4.78 is 5.26. The third-order valence-electron chi connectivity index (χ3n) is 4.78. The molecule has 2 amide bonds. The van der Waals surface area contributed by atoms with Crippen LogP contribution in [0.4, 0.5) is 5.69 Å². The van der Waals surface area contributed by atoms with Gasteiger partial charge in [0.2, 0.25) is 11.8 Å². The normalized spacial score (nSPS) is 17.7. The van der Waals surface area contributed by atoms with Crippen LogP contribution in [0.15, 0.2) is 24.3 Å². The van der Waals surface area contributed by atoms with Gasteiger partial charge in [0.25, 0.3) is 0 Å². The fourth-order valence-electron chi connectivity index (χ4n) is 3.31. The zero-order valence-corrected chi connectivity index (χ0v) is 15.4. The molecule has 1 heterocycles. The van der Waals surface area contributed by atoms with Crippen LogP contribution < -0.4 is 15.8 Å². The number of hydrogen-bond acceptors (Lipinski definition) is 4. The van der Waals surface area contributed by atoms with E-state index in [-0.39, 0.29) is 17.7 Å². The van der Waals surface area contributed by atoms with Crippen LogP contribution >= 0.6 is 0 Å². The third kappa shape index (κ3) is 4.72. The minimum atomic E-state index is -0.818. The minimum Gasteiger partial charge on any atom is -0.495 e. The summed E-state index contributed by atoms with van der Waals surface area (Å²) in [5, 5.41) is 2.93. The Balaban J connectivity index is 1.91. The summed E-state index contributed by atoms with van der Waals surface area (Å²) in [6.07, 6.45) is 2.83. The number of nitrogens with one attached hydrogen (secondary N) is 1. The molecule has 1 aromatic carbocycles. The molecule has 0 radical (unpaired) electrons. The molecule has 1 aromatic rings. The maximum Gasteiger partial charge on any atom is 0.242 e. The van der Waals surface area contributed by atoms with Crippen LogP contribution in [0.1, 0.15) is 39.5 Å². The predicted octanol–water partition coefficient (Wildman–Crippen LogP) is 2.39. The second-order valence-corrected chi connectivity index (χ2v) is 6.92. The van der Waals surface area contributed by atoms with Crippen molar-refractivity contribution in [1.82, 2.24) is 4.90 Å². The van der Waals surface area contributed by atoms with E-state index in [1.165, 1.54) is 0 Å². The van der Waals surface area contributed by atoms with E-state index in [9.17, 15) is 9.59 Å². The standard InChI is InChI=1S/C19H29N3O3/c1-4-11-19(2,20)18(24)22-12-9-14(10-13-22)17(23)21-15-7-5-6-8-16(15)25-3/h5-8,14H,4,9-13,20H2,1-3H3,(H,21,23). The molecule has 1 aliphatic heterocycles. The van der Waals surface area contributed by atoms with Gasteiger partial charge in [0, 0.05) is 19.0 Å². The van der Waals surface area contributed by atoms with Gasteiger partial charge in [-0.3, -0.25) is 9.59 Å². The molecule has 6 nitrogen and oxygen atoms in total. The fourth-order valence-corrected chi connectivity index (χ4v) is 3.31. The molecule has 25 heavy (non-hydrogen) atoms. The monoisotopic (exact) mass is 347 g/mol. The van der Waals surface area contributed by atoms with Gasteiger partial charge in [-0.15, -0.1) is 0 Å². The van der Waals surface area contributed by atoms with Gasteiger partial charge in [0.05, 0.1) is 18.3 Å². The topological polar surface area (TPSA) is 84.7 Å². The number of carbonyl (C=O) groups excluding carboxylic acids is 2. The lowest BCUT2D eigenvalue weighted by Gasteiger charge is -2.36. The molecule has 0 aliphatic carbocycles. The fraction of sp³-hybridized carbons (Fsp3) is 0.579. The molecular formula is C19H29N3O3. The Bertz CT molecular complexity index is 608. The Hall–Kier alpha value is -2.08. The summed E-state index contributed by atoms with van der Waals surface area (Å²) in [4.78, 5) is 26.9. The smallest absolute Gasteiger partial charge is 0.242 e. The average Bonchev–Trinajstić information content (AvgIpc) is 2.61. The van der Waals surface area contributed by atoms with Crippen molar-refractivity contribution in [3.63, 3.8) is 0 Å². The number of benzene rings is 1. The van der Waals surface area contributed by atoms with E-state index < -0.39 is 5.54 Å². The summed E-state index contributed by atoms with van der Waals surface area (Å²) in [5.41, 5.74) is 6.00. The van der Waals surface area contributed by atoms with Crippen LogP contribution in [0.5, 0.6) is 5.75 Å². The second-order valence-electron chi connectivity index (χ2n) is 6.92. The van der Waals surface area contributed by atoms with Gasteiger partial charge in [-0.05, 0) is 38.3 Å². The quantitative estimate of drug-likeness (QED) is 0.827. The number of piperidine rings is 1. The molecular weight excluding hydrogens is 318 g/mol. The molecule has 0 saturated carbocycles. The molecule has 0 spiro atoms. The molecule has 1 fully saturated rings. The van der Waals surface area contributed by atoms with Crippen molar-refractivity contribution in [2.45, 2.75) is 45.1 Å². The van der Waals surface area contributed by atoms with Crippen LogP contribution in [-0.4, -0.2) is 42.5 Å². The number of nitrogens with zero attached hydrogens (tertiary/aromatic N) is 1. The van der Waals surface area contributed by atoms with Crippen molar-refractivity contribution in [3.05, 3.63) is 24.3 Å². The van der Waals surface area contributed by atoms with E-state index in [2.05, 4.69) is 5.32 Å². The van der Waals surface area contributed by atoms with E-state index in [1.807, 2.05) is 31.2 Å². The zero-order chi connectivity index (χ0) is 18.4. The predicted molar refractivity (Wildman–Crippen MR) is 98.4 cm³/mol. The molecule has 1 unspecified atom stereocenters. The number of anilines is 1. The zero-order valence-electron chi connectivity index (χ0n) is 15.4. The first-order chi connectivity index (χ1) is 11.9. The lowest BCUT2D eigenvalue weighted by atomic mass is 9.91. The van der Waals surface area contributed by atoms with E-state index >= 15 is 0 Å². The number of hydrogen-bond donors (Lipinski definition) is 2. The van der Waals surface area contributed by atoms with E-state index in [0.29, 0.717) is 43.8 Å². The van der Waals surface area contributed by atoms with Gasteiger partial charge in [-0.1, -0.05) is 25.5 Å². The molecule has 1 aliphatic rings. The molecule has 1 atom stereocenters. The maximum atomic E-state index is 12.5. The Morgan fingerprint density at radius 2 is 1.96 bits per heavy atom. The summed E-state index contributed by atoms with van der Waals surface area (Å²) in [6.45, 7) is 4.95.